The Morgan fingerprint density at radius 3 is 1.96 bits per heavy atom. The Labute approximate surface area is 271 Å². The number of amides is 2. The molecule has 0 spiro atoms. The fraction of sp³-hybridized carbons (Fsp3) is 0.278. The van der Waals surface area contributed by atoms with Crippen molar-refractivity contribution in [3.63, 3.8) is 0 Å². The molecule has 9 nitrogen and oxygen atoms in total. The zero-order chi connectivity index (χ0) is 33.3. The second kappa shape index (κ2) is 15.4. The van der Waals surface area contributed by atoms with Gasteiger partial charge in [0.15, 0.2) is 0 Å². The van der Waals surface area contributed by atoms with Gasteiger partial charge in [-0.15, -0.1) is 0 Å². The predicted molar refractivity (Wildman–Crippen MR) is 180 cm³/mol. The molecule has 10 heteroatoms. The van der Waals surface area contributed by atoms with E-state index in [1.807, 2.05) is 63.2 Å². The van der Waals surface area contributed by atoms with E-state index < -0.39 is 28.5 Å². The number of anilines is 1. The van der Waals surface area contributed by atoms with Crippen LogP contribution in [0.5, 0.6) is 17.2 Å². The van der Waals surface area contributed by atoms with Crippen LogP contribution in [0.15, 0.2) is 108 Å². The van der Waals surface area contributed by atoms with Crippen molar-refractivity contribution in [2.45, 2.75) is 45.2 Å². The van der Waals surface area contributed by atoms with Gasteiger partial charge in [-0.2, -0.15) is 0 Å². The van der Waals surface area contributed by atoms with Crippen molar-refractivity contribution in [2.24, 2.45) is 5.92 Å². The van der Waals surface area contributed by atoms with Crippen LogP contribution in [-0.4, -0.2) is 51.4 Å². The van der Waals surface area contributed by atoms with Crippen LogP contribution in [0.1, 0.15) is 31.9 Å². The molecule has 0 fully saturated rings. The first-order chi connectivity index (χ1) is 22.0. The SMILES string of the molecule is COc1ccc(CN(C(=O)CN(c2ccc(Oc3ccccc3)cc2)S(=O)(=O)c2ccc(C)cc2)[C@@H](C)C(=O)NCC(C)C)cc1. The van der Waals surface area contributed by atoms with E-state index in [0.717, 1.165) is 15.4 Å². The van der Waals surface area contributed by atoms with Crippen molar-refractivity contribution in [2.75, 3.05) is 24.5 Å². The third-order valence-corrected chi connectivity index (χ3v) is 9.14. The molecule has 0 aliphatic carbocycles. The van der Waals surface area contributed by atoms with Crippen molar-refractivity contribution in [1.29, 1.82) is 0 Å². The normalized spacial score (nSPS) is 11.9. The first kappa shape index (κ1) is 34.1. The van der Waals surface area contributed by atoms with Crippen molar-refractivity contribution < 1.29 is 27.5 Å². The summed E-state index contributed by atoms with van der Waals surface area (Å²) in [6, 6.07) is 28.5. The zero-order valence-corrected chi connectivity index (χ0v) is 27.7. The van der Waals surface area contributed by atoms with Gasteiger partial charge in [0.25, 0.3) is 10.0 Å². The molecule has 0 aliphatic heterocycles. The molecule has 0 aromatic heterocycles. The molecule has 1 atom stereocenters. The van der Waals surface area contributed by atoms with Crippen molar-refractivity contribution in [3.8, 4) is 17.2 Å². The van der Waals surface area contributed by atoms with Crippen molar-refractivity contribution in [1.82, 2.24) is 10.2 Å². The third kappa shape index (κ3) is 8.88. The number of carbonyl (C=O) groups is 2. The lowest BCUT2D eigenvalue weighted by molar-refractivity contribution is -0.139. The quantitative estimate of drug-likeness (QED) is 0.176. The topological polar surface area (TPSA) is 105 Å². The fourth-order valence-electron chi connectivity index (χ4n) is 4.63. The van der Waals surface area contributed by atoms with Crippen LogP contribution in [0.25, 0.3) is 0 Å². The van der Waals surface area contributed by atoms with E-state index in [0.29, 0.717) is 23.8 Å². The first-order valence-electron chi connectivity index (χ1n) is 15.1. The van der Waals surface area contributed by atoms with Crippen LogP contribution in [0.2, 0.25) is 0 Å². The molecular weight excluding hydrogens is 602 g/mol. The van der Waals surface area contributed by atoms with E-state index in [9.17, 15) is 18.0 Å². The van der Waals surface area contributed by atoms with Gasteiger partial charge in [0.1, 0.15) is 29.8 Å². The Kier molecular flexibility index (Phi) is 11.4. The number of rotatable bonds is 14. The maximum absolute atomic E-state index is 14.2. The van der Waals surface area contributed by atoms with E-state index in [1.165, 1.54) is 17.0 Å². The molecule has 4 aromatic rings. The lowest BCUT2D eigenvalue weighted by atomic mass is 10.1. The number of nitrogens with zero attached hydrogens (tertiary/aromatic N) is 2. The minimum absolute atomic E-state index is 0.0416. The zero-order valence-electron chi connectivity index (χ0n) is 26.8. The van der Waals surface area contributed by atoms with Crippen LogP contribution >= 0.6 is 0 Å². The van der Waals surface area contributed by atoms with Crippen LogP contribution in [0, 0.1) is 12.8 Å². The Morgan fingerprint density at radius 2 is 1.37 bits per heavy atom. The Hall–Kier alpha value is -4.83. The molecule has 2 amide bonds. The summed E-state index contributed by atoms with van der Waals surface area (Å²) in [5.74, 6) is 1.14. The van der Waals surface area contributed by atoms with Crippen LogP contribution in [0.4, 0.5) is 5.69 Å². The highest BCUT2D eigenvalue weighted by molar-refractivity contribution is 7.92. The minimum atomic E-state index is -4.19. The van der Waals surface area contributed by atoms with Gasteiger partial charge in [0, 0.05) is 13.1 Å². The van der Waals surface area contributed by atoms with E-state index in [-0.39, 0.29) is 29.0 Å². The average Bonchev–Trinajstić information content (AvgIpc) is 3.06. The van der Waals surface area contributed by atoms with Crippen LogP contribution < -0.4 is 19.1 Å². The molecule has 1 N–H and O–H groups in total. The number of para-hydroxylation sites is 1. The predicted octanol–water partition coefficient (Wildman–Crippen LogP) is 6.18. The number of aryl methyl sites for hydroxylation is 1. The molecule has 0 heterocycles. The van der Waals surface area contributed by atoms with Gasteiger partial charge < -0.3 is 19.7 Å². The summed E-state index contributed by atoms with van der Waals surface area (Å²) >= 11 is 0. The molecule has 242 valence electrons. The number of carbonyl (C=O) groups excluding carboxylic acids is 2. The molecule has 0 radical (unpaired) electrons. The van der Waals surface area contributed by atoms with E-state index in [2.05, 4.69) is 5.32 Å². The molecule has 0 bridgehead atoms. The van der Waals surface area contributed by atoms with Gasteiger partial charge in [-0.1, -0.05) is 61.9 Å². The standard InChI is InChI=1S/C36H41N3O6S/c1-26(2)23-37-36(41)28(4)38(24-29-13-17-31(44-5)18-14-29)35(40)25-39(46(42,43)34-21-11-27(3)12-22-34)30-15-19-33(20-16-30)45-32-9-7-6-8-10-32/h6-22,26,28H,23-25H2,1-5H3,(H,37,41)/t28-/m0/s1. The highest BCUT2D eigenvalue weighted by Crippen LogP contribution is 2.29. The molecule has 0 saturated heterocycles. The van der Waals surface area contributed by atoms with Gasteiger partial charge >= 0.3 is 0 Å². The Balaban J connectivity index is 1.69. The maximum Gasteiger partial charge on any atom is 0.264 e. The second-order valence-electron chi connectivity index (χ2n) is 11.4. The van der Waals surface area contributed by atoms with Crippen LogP contribution in [0.3, 0.4) is 0 Å². The largest absolute Gasteiger partial charge is 0.497 e. The Bertz CT molecular complexity index is 1690. The van der Waals surface area contributed by atoms with E-state index >= 15 is 0 Å². The minimum Gasteiger partial charge on any atom is -0.497 e. The number of hydrogen-bond donors (Lipinski definition) is 1. The maximum atomic E-state index is 14.2. The molecule has 46 heavy (non-hydrogen) atoms. The number of sulfonamides is 1. The third-order valence-electron chi connectivity index (χ3n) is 7.36. The summed E-state index contributed by atoms with van der Waals surface area (Å²) in [7, 11) is -2.63. The van der Waals surface area contributed by atoms with Crippen molar-refractivity contribution >= 4 is 27.5 Å². The monoisotopic (exact) mass is 643 g/mol. The van der Waals surface area contributed by atoms with Crippen LogP contribution in [-0.2, 0) is 26.2 Å². The number of nitrogens with one attached hydrogen (secondary N) is 1. The lowest BCUT2D eigenvalue weighted by Crippen LogP contribution is -2.51. The summed E-state index contributed by atoms with van der Waals surface area (Å²) in [5.41, 5.74) is 1.93. The lowest BCUT2D eigenvalue weighted by Gasteiger charge is -2.32. The number of methoxy groups -OCH3 is 1. The van der Waals surface area contributed by atoms with E-state index in [4.69, 9.17) is 9.47 Å². The summed E-state index contributed by atoms with van der Waals surface area (Å²) in [5, 5.41) is 2.90. The number of benzene rings is 4. The average molecular weight is 644 g/mol. The van der Waals surface area contributed by atoms with Gasteiger partial charge in [-0.05, 0) is 86.0 Å². The molecule has 0 saturated carbocycles. The molecule has 4 aromatic carbocycles. The van der Waals surface area contributed by atoms with Gasteiger partial charge in [0.2, 0.25) is 11.8 Å². The summed E-state index contributed by atoms with van der Waals surface area (Å²) < 4.78 is 40.5. The van der Waals surface area contributed by atoms with Crippen molar-refractivity contribution in [3.05, 3.63) is 114 Å². The molecule has 4 rings (SSSR count). The Morgan fingerprint density at radius 1 is 0.783 bits per heavy atom. The van der Waals surface area contributed by atoms with Gasteiger partial charge in [0.05, 0.1) is 17.7 Å². The summed E-state index contributed by atoms with van der Waals surface area (Å²) in [6.45, 7) is 7.47. The van der Waals surface area contributed by atoms with Gasteiger partial charge in [-0.25, -0.2) is 8.42 Å². The highest BCUT2D eigenvalue weighted by atomic mass is 32.2. The van der Waals surface area contributed by atoms with Gasteiger partial charge in [-0.3, -0.25) is 13.9 Å². The van der Waals surface area contributed by atoms with E-state index in [1.54, 1.807) is 62.6 Å². The molecule has 0 aliphatic rings. The second-order valence-corrected chi connectivity index (χ2v) is 13.3. The fourth-order valence-corrected chi connectivity index (χ4v) is 6.05. The summed E-state index contributed by atoms with van der Waals surface area (Å²) in [6.07, 6.45) is 0. The number of hydrogen-bond acceptors (Lipinski definition) is 6. The summed E-state index contributed by atoms with van der Waals surface area (Å²) in [4.78, 5) is 28.8. The number of ether oxygens (including phenoxy) is 2. The first-order valence-corrected chi connectivity index (χ1v) is 16.5. The smallest absolute Gasteiger partial charge is 0.264 e. The highest BCUT2D eigenvalue weighted by Gasteiger charge is 2.32. The molecule has 0 unspecified atom stereocenters. The molecular formula is C36H41N3O6S.